The number of amides is 1. The van der Waals surface area contributed by atoms with E-state index in [1.54, 1.807) is 12.1 Å². The summed E-state index contributed by atoms with van der Waals surface area (Å²) in [6.45, 7) is 2.69. The van der Waals surface area contributed by atoms with Gasteiger partial charge in [0.2, 0.25) is 0 Å². The van der Waals surface area contributed by atoms with E-state index >= 15 is 0 Å². The molecule has 2 N–H and O–H groups in total. The molecule has 24 heavy (non-hydrogen) atoms. The summed E-state index contributed by atoms with van der Waals surface area (Å²) in [6.07, 6.45) is 0. The molecule has 1 amide bonds. The van der Waals surface area contributed by atoms with Crippen LogP contribution in [-0.2, 0) is 4.79 Å². The molecule has 0 saturated carbocycles. The molecule has 0 spiro atoms. The van der Waals surface area contributed by atoms with E-state index < -0.39 is 0 Å². The fourth-order valence-electron chi connectivity index (χ4n) is 2.50. The minimum Gasteiger partial charge on any atom is -0.484 e. The molecule has 0 unspecified atom stereocenters. The second-order valence-corrected chi connectivity index (χ2v) is 6.58. The molecule has 0 saturated heterocycles. The molecule has 0 fully saturated rings. The zero-order chi connectivity index (χ0) is 17.5. The number of benzene rings is 2. The van der Waals surface area contributed by atoms with Gasteiger partial charge in [-0.25, -0.2) is 0 Å². The molecular formula is C19H24ClN2O2+. The van der Waals surface area contributed by atoms with Crippen molar-refractivity contribution in [3.05, 3.63) is 64.7 Å². The number of hydrogen-bond donors (Lipinski definition) is 2. The van der Waals surface area contributed by atoms with Crippen LogP contribution in [0.5, 0.6) is 5.75 Å². The second kappa shape index (κ2) is 8.71. The van der Waals surface area contributed by atoms with Gasteiger partial charge in [-0.2, -0.15) is 0 Å². The van der Waals surface area contributed by atoms with Crippen LogP contribution in [-0.4, -0.2) is 33.2 Å². The number of carbonyl (C=O) groups excluding carboxylic acids is 1. The van der Waals surface area contributed by atoms with E-state index in [4.69, 9.17) is 16.3 Å². The van der Waals surface area contributed by atoms with Crippen molar-refractivity contribution in [3.8, 4) is 5.75 Å². The topological polar surface area (TPSA) is 42.8 Å². The van der Waals surface area contributed by atoms with E-state index in [2.05, 4.69) is 19.4 Å². The maximum Gasteiger partial charge on any atom is 0.258 e. The molecule has 2 aromatic rings. The molecule has 5 heteroatoms. The van der Waals surface area contributed by atoms with Gasteiger partial charge < -0.3 is 15.0 Å². The summed E-state index contributed by atoms with van der Waals surface area (Å²) in [7, 11) is 4.13. The van der Waals surface area contributed by atoms with Crippen LogP contribution in [0.2, 0.25) is 5.02 Å². The number of carbonyl (C=O) groups is 1. The van der Waals surface area contributed by atoms with Gasteiger partial charge in [-0.15, -0.1) is 0 Å². The first-order chi connectivity index (χ1) is 11.5. The van der Waals surface area contributed by atoms with Crippen LogP contribution in [0.3, 0.4) is 0 Å². The molecular weight excluding hydrogens is 324 g/mol. The van der Waals surface area contributed by atoms with Gasteiger partial charge in [0, 0.05) is 5.02 Å². The third-order valence-corrected chi connectivity index (χ3v) is 3.88. The number of nitrogens with one attached hydrogen (secondary N) is 2. The zero-order valence-electron chi connectivity index (χ0n) is 14.3. The molecule has 0 aliphatic heterocycles. The number of ether oxygens (including phenoxy) is 1. The SMILES string of the molecule is Cc1cc(Cl)ccc1OCC(=O)N[C@H](C[NH+](C)C)c1ccccc1. The number of aryl methyl sites for hydroxylation is 1. The summed E-state index contributed by atoms with van der Waals surface area (Å²) in [5, 5.41) is 3.71. The van der Waals surface area contributed by atoms with E-state index in [1.807, 2.05) is 43.3 Å². The van der Waals surface area contributed by atoms with Gasteiger partial charge in [0.05, 0.1) is 14.1 Å². The van der Waals surface area contributed by atoms with Gasteiger partial charge in [-0.1, -0.05) is 41.9 Å². The van der Waals surface area contributed by atoms with Crippen LogP contribution in [0.1, 0.15) is 17.2 Å². The molecule has 0 aliphatic rings. The average Bonchev–Trinajstić information content (AvgIpc) is 2.54. The Kier molecular flexibility index (Phi) is 6.64. The fraction of sp³-hybridized carbons (Fsp3) is 0.316. The summed E-state index contributed by atoms with van der Waals surface area (Å²) < 4.78 is 5.62. The summed E-state index contributed by atoms with van der Waals surface area (Å²) in [6, 6.07) is 15.3. The number of likely N-dealkylation sites (N-methyl/N-ethyl adjacent to an activating group) is 1. The third kappa shape index (κ3) is 5.55. The maximum atomic E-state index is 12.3. The van der Waals surface area contributed by atoms with E-state index in [-0.39, 0.29) is 18.6 Å². The predicted octanol–water partition coefficient (Wildman–Crippen LogP) is 2.03. The first-order valence-electron chi connectivity index (χ1n) is 7.98. The summed E-state index contributed by atoms with van der Waals surface area (Å²) >= 11 is 5.93. The largest absolute Gasteiger partial charge is 0.484 e. The molecule has 0 aromatic heterocycles. The highest BCUT2D eigenvalue weighted by Crippen LogP contribution is 2.21. The summed E-state index contributed by atoms with van der Waals surface area (Å²) in [4.78, 5) is 13.6. The molecule has 0 heterocycles. The molecule has 2 aromatic carbocycles. The third-order valence-electron chi connectivity index (χ3n) is 3.65. The van der Waals surface area contributed by atoms with E-state index in [1.165, 1.54) is 4.90 Å². The normalized spacial score (nSPS) is 12.0. The number of quaternary nitrogens is 1. The summed E-state index contributed by atoms with van der Waals surface area (Å²) in [5.41, 5.74) is 2.00. The average molecular weight is 348 g/mol. The van der Waals surface area contributed by atoms with Crippen molar-refractivity contribution in [2.75, 3.05) is 27.2 Å². The van der Waals surface area contributed by atoms with E-state index in [0.717, 1.165) is 17.7 Å². The highest BCUT2D eigenvalue weighted by Gasteiger charge is 2.18. The van der Waals surface area contributed by atoms with E-state index in [9.17, 15) is 4.79 Å². The zero-order valence-corrected chi connectivity index (χ0v) is 15.1. The maximum absolute atomic E-state index is 12.3. The monoisotopic (exact) mass is 347 g/mol. The Bertz CT molecular complexity index is 674. The molecule has 1 atom stereocenters. The molecule has 4 nitrogen and oxygen atoms in total. The first-order valence-corrected chi connectivity index (χ1v) is 8.36. The number of halogens is 1. The Morgan fingerprint density at radius 2 is 1.92 bits per heavy atom. The van der Waals surface area contributed by atoms with E-state index in [0.29, 0.717) is 10.8 Å². The highest BCUT2D eigenvalue weighted by atomic mass is 35.5. The highest BCUT2D eigenvalue weighted by molar-refractivity contribution is 6.30. The fourth-order valence-corrected chi connectivity index (χ4v) is 2.73. The minimum atomic E-state index is -0.139. The van der Waals surface area contributed by atoms with Crippen molar-refractivity contribution in [2.24, 2.45) is 0 Å². The Balaban J connectivity index is 1.97. The lowest BCUT2D eigenvalue weighted by atomic mass is 10.1. The molecule has 2 rings (SSSR count). The first kappa shape index (κ1) is 18.3. The van der Waals surface area contributed by atoms with Crippen molar-refractivity contribution in [1.29, 1.82) is 0 Å². The van der Waals surface area contributed by atoms with Crippen LogP contribution in [0.4, 0.5) is 0 Å². The van der Waals surface area contributed by atoms with Gasteiger partial charge in [-0.3, -0.25) is 4.79 Å². The van der Waals surface area contributed by atoms with Crippen molar-refractivity contribution < 1.29 is 14.4 Å². The minimum absolute atomic E-state index is 0.0193. The van der Waals surface area contributed by atoms with Crippen molar-refractivity contribution in [2.45, 2.75) is 13.0 Å². The van der Waals surface area contributed by atoms with Gasteiger partial charge in [0.1, 0.15) is 18.3 Å². The molecule has 0 aliphatic carbocycles. The van der Waals surface area contributed by atoms with Crippen molar-refractivity contribution >= 4 is 17.5 Å². The predicted molar refractivity (Wildman–Crippen MR) is 96.7 cm³/mol. The van der Waals surface area contributed by atoms with Gasteiger partial charge in [-0.05, 0) is 36.2 Å². The van der Waals surface area contributed by atoms with Crippen LogP contribution >= 0.6 is 11.6 Å². The Hall–Kier alpha value is -2.04. The Labute approximate surface area is 148 Å². The van der Waals surface area contributed by atoms with Gasteiger partial charge >= 0.3 is 0 Å². The molecule has 0 radical (unpaired) electrons. The summed E-state index contributed by atoms with van der Waals surface area (Å²) in [5.74, 6) is 0.531. The number of rotatable bonds is 7. The standard InChI is InChI=1S/C19H23ClN2O2/c1-14-11-16(20)9-10-18(14)24-13-19(23)21-17(12-22(2)3)15-7-5-4-6-8-15/h4-11,17H,12-13H2,1-3H3,(H,21,23)/p+1/t17-/m1/s1. The quantitative estimate of drug-likeness (QED) is 0.804. The van der Waals surface area contributed by atoms with Crippen molar-refractivity contribution in [1.82, 2.24) is 5.32 Å². The number of hydrogen-bond acceptors (Lipinski definition) is 2. The lowest BCUT2D eigenvalue weighted by Gasteiger charge is -2.21. The lowest BCUT2D eigenvalue weighted by molar-refractivity contribution is -0.860. The second-order valence-electron chi connectivity index (χ2n) is 6.14. The van der Waals surface area contributed by atoms with Crippen LogP contribution in [0, 0.1) is 6.92 Å². The molecule has 128 valence electrons. The van der Waals surface area contributed by atoms with Crippen LogP contribution in [0.25, 0.3) is 0 Å². The van der Waals surface area contributed by atoms with Crippen LogP contribution < -0.4 is 15.0 Å². The molecule has 0 bridgehead atoms. The Morgan fingerprint density at radius 3 is 2.54 bits per heavy atom. The van der Waals surface area contributed by atoms with Crippen LogP contribution in [0.15, 0.2) is 48.5 Å². The van der Waals surface area contributed by atoms with Gasteiger partial charge in [0.15, 0.2) is 6.61 Å². The Morgan fingerprint density at radius 1 is 1.21 bits per heavy atom. The smallest absolute Gasteiger partial charge is 0.258 e. The lowest BCUT2D eigenvalue weighted by Crippen LogP contribution is -3.06. The van der Waals surface area contributed by atoms with Crippen molar-refractivity contribution in [3.63, 3.8) is 0 Å². The van der Waals surface area contributed by atoms with Gasteiger partial charge in [0.25, 0.3) is 5.91 Å².